The summed E-state index contributed by atoms with van der Waals surface area (Å²) in [5.41, 5.74) is 7.66. The molecule has 5 rings (SSSR count). The molecule has 0 saturated carbocycles. The van der Waals surface area contributed by atoms with Crippen LogP contribution in [0.3, 0.4) is 0 Å². The number of hydrazine groups is 1. The molecule has 1 aliphatic rings. The predicted octanol–water partition coefficient (Wildman–Crippen LogP) is 6.33. The lowest BCUT2D eigenvalue weighted by atomic mass is 9.86. The van der Waals surface area contributed by atoms with Crippen LogP contribution in [0.1, 0.15) is 30.0 Å². The Hall–Kier alpha value is -3.63. The molecule has 0 aromatic heterocycles. The van der Waals surface area contributed by atoms with Gasteiger partial charge in [0.05, 0.1) is 6.61 Å². The Kier molecular flexibility index (Phi) is 10.5. The van der Waals surface area contributed by atoms with Crippen molar-refractivity contribution in [1.29, 1.82) is 0 Å². The van der Waals surface area contributed by atoms with E-state index in [2.05, 4.69) is 51.0 Å². The number of rotatable bonds is 13. The van der Waals surface area contributed by atoms with Gasteiger partial charge in [0.2, 0.25) is 5.90 Å². The average molecular weight is 661 g/mol. The smallest absolute Gasteiger partial charge is 0.266 e. The molecule has 0 unspecified atom stereocenters. The maximum absolute atomic E-state index is 14.0. The summed E-state index contributed by atoms with van der Waals surface area (Å²) in [7, 11) is 0. The van der Waals surface area contributed by atoms with Gasteiger partial charge in [-0.05, 0) is 66.6 Å². The molecule has 4 aromatic rings. The Bertz CT molecular complexity index is 1550. The van der Waals surface area contributed by atoms with Crippen molar-refractivity contribution in [2.75, 3.05) is 13.2 Å². The van der Waals surface area contributed by atoms with E-state index >= 15 is 0 Å². The quantitative estimate of drug-likeness (QED) is 0.115. The van der Waals surface area contributed by atoms with Gasteiger partial charge in [0.25, 0.3) is 5.91 Å². The van der Waals surface area contributed by atoms with Crippen LogP contribution in [0, 0.1) is 0 Å². The zero-order valence-corrected chi connectivity index (χ0v) is 26.2. The second kappa shape index (κ2) is 14.7. The summed E-state index contributed by atoms with van der Waals surface area (Å²) in [5, 5.41) is 9.00. The Balaban J connectivity index is 1.35. The van der Waals surface area contributed by atoms with E-state index in [0.717, 1.165) is 31.0 Å². The number of nitrogens with one attached hydrogen (secondary N) is 2. The summed E-state index contributed by atoms with van der Waals surface area (Å²) in [4.78, 5) is 21.2. The van der Waals surface area contributed by atoms with E-state index in [4.69, 9.17) is 19.6 Å². The molecular formula is C34H34BrN3O4S. The third kappa shape index (κ3) is 7.67. The molecule has 43 heavy (non-hydrogen) atoms. The fourth-order valence-corrected chi connectivity index (χ4v) is 6.16. The lowest BCUT2D eigenvalue weighted by molar-refractivity contribution is -0.129. The molecule has 9 heteroatoms. The van der Waals surface area contributed by atoms with Crippen molar-refractivity contribution < 1.29 is 19.4 Å². The second-order valence-electron chi connectivity index (χ2n) is 10.1. The normalized spacial score (nSPS) is 17.7. The van der Waals surface area contributed by atoms with Gasteiger partial charge in [-0.2, -0.15) is 0 Å². The first-order chi connectivity index (χ1) is 21.0. The van der Waals surface area contributed by atoms with Gasteiger partial charge in [0, 0.05) is 45.8 Å². The minimum absolute atomic E-state index is 0.0797. The first kappa shape index (κ1) is 30.8. The minimum atomic E-state index is -1.21. The molecule has 7 nitrogen and oxygen atoms in total. The van der Waals surface area contributed by atoms with Gasteiger partial charge >= 0.3 is 0 Å². The number of carbonyl (C=O) groups excluding carboxylic acids is 1. The van der Waals surface area contributed by atoms with Crippen LogP contribution in [0.15, 0.2) is 122 Å². The van der Waals surface area contributed by atoms with Crippen LogP contribution in [0.5, 0.6) is 5.75 Å². The number of hydrogen-bond donors (Lipinski definition) is 3. The van der Waals surface area contributed by atoms with Crippen LogP contribution < -0.4 is 15.6 Å². The number of benzene rings is 4. The Labute approximate surface area is 264 Å². The van der Waals surface area contributed by atoms with Crippen molar-refractivity contribution in [2.45, 2.75) is 47.7 Å². The van der Waals surface area contributed by atoms with Crippen LogP contribution in [-0.2, 0) is 22.5 Å². The average Bonchev–Trinajstić information content (AvgIpc) is 3.36. The van der Waals surface area contributed by atoms with Gasteiger partial charge < -0.3 is 14.6 Å². The number of carbonyl (C=O) groups is 1. The number of nitrogens with zero attached hydrogens (tertiary/aromatic N) is 1. The Morgan fingerprint density at radius 2 is 1.67 bits per heavy atom. The molecule has 0 fully saturated rings. The van der Waals surface area contributed by atoms with Crippen molar-refractivity contribution in [3.63, 3.8) is 0 Å². The minimum Gasteiger partial charge on any atom is -0.494 e. The third-order valence-corrected chi connectivity index (χ3v) is 9.07. The largest absolute Gasteiger partial charge is 0.494 e. The first-order valence-electron chi connectivity index (χ1n) is 14.2. The molecule has 4 aromatic carbocycles. The van der Waals surface area contributed by atoms with Gasteiger partial charge in [-0.1, -0.05) is 82.3 Å². The monoisotopic (exact) mass is 659 g/mol. The van der Waals surface area contributed by atoms with Gasteiger partial charge in [-0.3, -0.25) is 10.2 Å². The second-order valence-corrected chi connectivity index (χ2v) is 12.1. The number of hydrogen-bond acceptors (Lipinski definition) is 7. The van der Waals surface area contributed by atoms with E-state index < -0.39 is 11.6 Å². The van der Waals surface area contributed by atoms with Gasteiger partial charge in [-0.15, -0.1) is 0 Å². The summed E-state index contributed by atoms with van der Waals surface area (Å²) < 4.78 is 12.8. The van der Waals surface area contributed by atoms with E-state index in [9.17, 15) is 4.79 Å². The predicted molar refractivity (Wildman–Crippen MR) is 173 cm³/mol. The van der Waals surface area contributed by atoms with E-state index in [1.54, 1.807) is 11.8 Å². The first-order valence-corrected chi connectivity index (χ1v) is 15.8. The maximum atomic E-state index is 14.0. The number of aliphatic imine (C=N–C) groups is 1. The lowest BCUT2D eigenvalue weighted by Gasteiger charge is -2.28. The topological polar surface area (TPSA) is 92.2 Å². The van der Waals surface area contributed by atoms with Crippen LogP contribution in [-0.4, -0.2) is 41.8 Å². The van der Waals surface area contributed by atoms with E-state index in [-0.39, 0.29) is 12.5 Å². The van der Waals surface area contributed by atoms with Crippen LogP contribution in [0.25, 0.3) is 0 Å². The molecule has 0 spiro atoms. The zero-order chi connectivity index (χ0) is 30.1. The maximum Gasteiger partial charge on any atom is 0.266 e. The summed E-state index contributed by atoms with van der Waals surface area (Å²) in [6, 6.07) is 33.6. The lowest BCUT2D eigenvalue weighted by Crippen LogP contribution is -2.55. The molecule has 0 saturated heterocycles. The standard InChI is InChI=1S/C34H34BrN3O4S/c1-24-34(22-26-10-5-7-14-30(26)35,37-32(42-24)25-16-18-28(19-17-25)41-21-9-20-39)33(40)38-36-23-27-11-6-8-15-31(27)43-29-12-3-2-4-13-29/h2-8,10-19,24,36,39H,9,20-23H2,1H3,(H,38,40)/t24-,34-/m0/s1. The number of halogens is 1. The van der Waals surface area contributed by atoms with Gasteiger partial charge in [0.1, 0.15) is 11.9 Å². The number of aliphatic hydroxyl groups excluding tert-OH is 1. The van der Waals surface area contributed by atoms with E-state index in [0.29, 0.717) is 37.6 Å². The highest BCUT2D eigenvalue weighted by atomic mass is 79.9. The van der Waals surface area contributed by atoms with Crippen LogP contribution in [0.2, 0.25) is 0 Å². The summed E-state index contributed by atoms with van der Waals surface area (Å²) in [6.45, 7) is 2.83. The summed E-state index contributed by atoms with van der Waals surface area (Å²) in [6.07, 6.45) is 0.376. The summed E-state index contributed by atoms with van der Waals surface area (Å²) in [5.74, 6) is 0.820. The van der Waals surface area contributed by atoms with E-state index in [1.165, 1.54) is 0 Å². The van der Waals surface area contributed by atoms with Gasteiger partial charge in [0.15, 0.2) is 5.54 Å². The Morgan fingerprint density at radius 1 is 0.977 bits per heavy atom. The summed E-state index contributed by atoms with van der Waals surface area (Å²) >= 11 is 5.33. The molecule has 2 atom stereocenters. The van der Waals surface area contributed by atoms with E-state index in [1.807, 2.05) is 85.8 Å². The number of aliphatic hydroxyl groups is 1. The molecule has 3 N–H and O–H groups in total. The van der Waals surface area contributed by atoms with Crippen molar-refractivity contribution in [3.8, 4) is 5.75 Å². The molecule has 1 aliphatic heterocycles. The van der Waals surface area contributed by atoms with Crippen LogP contribution >= 0.6 is 27.7 Å². The van der Waals surface area contributed by atoms with Crippen molar-refractivity contribution >= 4 is 39.5 Å². The highest BCUT2D eigenvalue weighted by molar-refractivity contribution is 9.10. The molecule has 0 aliphatic carbocycles. The Morgan fingerprint density at radius 3 is 2.42 bits per heavy atom. The molecule has 0 bridgehead atoms. The fraction of sp³-hybridized carbons (Fsp3) is 0.235. The highest BCUT2D eigenvalue weighted by Crippen LogP contribution is 2.35. The molecule has 222 valence electrons. The highest BCUT2D eigenvalue weighted by Gasteiger charge is 2.50. The molecule has 1 heterocycles. The molecule has 0 radical (unpaired) electrons. The fourth-order valence-electron chi connectivity index (χ4n) is 4.77. The third-order valence-electron chi connectivity index (χ3n) is 7.17. The van der Waals surface area contributed by atoms with Crippen molar-refractivity contribution in [2.24, 2.45) is 4.99 Å². The number of amides is 1. The van der Waals surface area contributed by atoms with Gasteiger partial charge in [-0.25, -0.2) is 10.4 Å². The van der Waals surface area contributed by atoms with Crippen LogP contribution in [0.4, 0.5) is 0 Å². The number of ether oxygens (including phenoxy) is 2. The van der Waals surface area contributed by atoms with Crippen molar-refractivity contribution in [3.05, 3.63) is 124 Å². The molecular weight excluding hydrogens is 626 g/mol. The zero-order valence-electron chi connectivity index (χ0n) is 23.8. The SMILES string of the molecule is C[C@@H]1OC(c2ccc(OCCCO)cc2)=N[C@]1(Cc1ccccc1Br)C(=O)NNCc1ccccc1Sc1ccccc1. The van der Waals surface area contributed by atoms with Crippen molar-refractivity contribution in [1.82, 2.24) is 10.9 Å². The molecule has 1 amide bonds.